The van der Waals surface area contributed by atoms with Crippen molar-refractivity contribution >= 4 is 0 Å². The second-order valence-electron chi connectivity index (χ2n) is 3.94. The van der Waals surface area contributed by atoms with E-state index in [2.05, 4.69) is 10.3 Å². The van der Waals surface area contributed by atoms with E-state index in [0.717, 1.165) is 37.3 Å². The number of aryl methyl sites for hydroxylation is 1. The lowest BCUT2D eigenvalue weighted by atomic mass is 10.2. The molecule has 1 atom stereocenters. The molecule has 0 saturated carbocycles. The Bertz CT molecular complexity index is 287. The molecule has 1 unspecified atom stereocenters. The molecule has 0 bridgehead atoms. The van der Waals surface area contributed by atoms with Gasteiger partial charge >= 0.3 is 0 Å². The molecule has 3 nitrogen and oxygen atoms in total. The fourth-order valence-electron chi connectivity index (χ4n) is 1.44. The number of hydrogen-bond acceptors (Lipinski definition) is 3. The lowest BCUT2D eigenvalue weighted by molar-refractivity contribution is 0.181. The predicted molar refractivity (Wildman–Crippen MR) is 61.6 cm³/mol. The minimum Gasteiger partial charge on any atom is -0.393 e. The van der Waals surface area contributed by atoms with E-state index in [0.29, 0.717) is 0 Å². The van der Waals surface area contributed by atoms with Gasteiger partial charge in [0.1, 0.15) is 0 Å². The van der Waals surface area contributed by atoms with Gasteiger partial charge in [-0.05, 0) is 45.4 Å². The molecule has 1 aromatic rings. The van der Waals surface area contributed by atoms with Gasteiger partial charge in [-0.25, -0.2) is 0 Å². The maximum Gasteiger partial charge on any atom is 0.0544 e. The Hall–Kier alpha value is -0.930. The first-order valence-electron chi connectivity index (χ1n) is 5.50. The average molecular weight is 208 g/mol. The molecule has 0 spiro atoms. The lowest BCUT2D eigenvalue weighted by Gasteiger charge is -2.06. The summed E-state index contributed by atoms with van der Waals surface area (Å²) in [5.41, 5.74) is 2.13. The van der Waals surface area contributed by atoms with Gasteiger partial charge in [-0.1, -0.05) is 6.07 Å². The van der Waals surface area contributed by atoms with E-state index < -0.39 is 0 Å². The minimum absolute atomic E-state index is 0.191. The number of hydrogen-bond donors (Lipinski definition) is 2. The standard InChI is InChI=1S/C12H20N2O/c1-10-5-3-7-12(14-10)9-13-8-4-6-11(2)15/h3,5,7,11,13,15H,4,6,8-9H2,1-2H3. The van der Waals surface area contributed by atoms with E-state index in [1.165, 1.54) is 0 Å². The zero-order valence-electron chi connectivity index (χ0n) is 9.53. The second kappa shape index (κ2) is 6.53. The van der Waals surface area contributed by atoms with Crippen LogP contribution in [0.25, 0.3) is 0 Å². The maximum absolute atomic E-state index is 9.06. The van der Waals surface area contributed by atoms with Gasteiger partial charge in [-0.15, -0.1) is 0 Å². The smallest absolute Gasteiger partial charge is 0.0544 e. The van der Waals surface area contributed by atoms with E-state index in [4.69, 9.17) is 5.11 Å². The third-order valence-electron chi connectivity index (χ3n) is 2.23. The highest BCUT2D eigenvalue weighted by molar-refractivity contribution is 5.09. The first kappa shape index (κ1) is 12.1. The molecule has 1 aromatic heterocycles. The molecule has 0 aliphatic carbocycles. The van der Waals surface area contributed by atoms with Crippen LogP contribution in [0.4, 0.5) is 0 Å². The molecule has 15 heavy (non-hydrogen) atoms. The second-order valence-corrected chi connectivity index (χ2v) is 3.94. The molecule has 2 N–H and O–H groups in total. The summed E-state index contributed by atoms with van der Waals surface area (Å²) >= 11 is 0. The molecule has 1 heterocycles. The van der Waals surface area contributed by atoms with Gasteiger partial charge in [-0.2, -0.15) is 0 Å². The number of nitrogens with zero attached hydrogens (tertiary/aromatic N) is 1. The molecule has 3 heteroatoms. The molecule has 0 aliphatic rings. The Labute approximate surface area is 91.5 Å². The van der Waals surface area contributed by atoms with Gasteiger partial charge < -0.3 is 10.4 Å². The summed E-state index contributed by atoms with van der Waals surface area (Å²) in [7, 11) is 0. The Morgan fingerprint density at radius 3 is 2.93 bits per heavy atom. The van der Waals surface area contributed by atoms with Crippen LogP contribution < -0.4 is 5.32 Å². The monoisotopic (exact) mass is 208 g/mol. The van der Waals surface area contributed by atoms with Crippen molar-refractivity contribution < 1.29 is 5.11 Å². The van der Waals surface area contributed by atoms with E-state index in [1.807, 2.05) is 32.0 Å². The van der Waals surface area contributed by atoms with Crippen LogP contribution in [0.1, 0.15) is 31.2 Å². The Morgan fingerprint density at radius 1 is 1.47 bits per heavy atom. The summed E-state index contributed by atoms with van der Waals surface area (Å²) in [6.45, 7) is 5.56. The maximum atomic E-state index is 9.06. The molecule has 84 valence electrons. The molecule has 0 aliphatic heterocycles. The summed E-state index contributed by atoms with van der Waals surface area (Å²) in [5.74, 6) is 0. The van der Waals surface area contributed by atoms with Crippen molar-refractivity contribution in [2.75, 3.05) is 6.54 Å². The van der Waals surface area contributed by atoms with E-state index in [9.17, 15) is 0 Å². The summed E-state index contributed by atoms with van der Waals surface area (Å²) in [6, 6.07) is 6.04. The van der Waals surface area contributed by atoms with Crippen molar-refractivity contribution in [2.45, 2.75) is 39.3 Å². The summed E-state index contributed by atoms with van der Waals surface area (Å²) in [4.78, 5) is 4.39. The van der Waals surface area contributed by atoms with E-state index in [1.54, 1.807) is 0 Å². The largest absolute Gasteiger partial charge is 0.393 e. The number of nitrogens with one attached hydrogen (secondary N) is 1. The van der Waals surface area contributed by atoms with Gasteiger partial charge in [0.05, 0.1) is 11.8 Å². The van der Waals surface area contributed by atoms with E-state index >= 15 is 0 Å². The SMILES string of the molecule is Cc1cccc(CNCCCC(C)O)n1. The van der Waals surface area contributed by atoms with Crippen molar-refractivity contribution in [3.8, 4) is 0 Å². The van der Waals surface area contributed by atoms with Crippen LogP contribution in [-0.4, -0.2) is 22.7 Å². The lowest BCUT2D eigenvalue weighted by Crippen LogP contribution is -2.17. The van der Waals surface area contributed by atoms with Gasteiger partial charge in [0.15, 0.2) is 0 Å². The topological polar surface area (TPSA) is 45.1 Å². The summed E-state index contributed by atoms with van der Waals surface area (Å²) in [5, 5.41) is 12.4. The third kappa shape index (κ3) is 5.50. The van der Waals surface area contributed by atoms with Gasteiger partial charge in [0.25, 0.3) is 0 Å². The predicted octanol–water partition coefficient (Wildman–Crippen LogP) is 1.64. The molecule has 0 saturated heterocycles. The van der Waals surface area contributed by atoms with Crippen molar-refractivity contribution in [1.82, 2.24) is 10.3 Å². The highest BCUT2D eigenvalue weighted by atomic mass is 16.3. The molecule has 0 amide bonds. The van der Waals surface area contributed by atoms with Crippen molar-refractivity contribution in [1.29, 1.82) is 0 Å². The normalized spacial score (nSPS) is 12.7. The Balaban J connectivity index is 2.15. The molecule has 1 rings (SSSR count). The van der Waals surface area contributed by atoms with Crippen molar-refractivity contribution in [3.63, 3.8) is 0 Å². The van der Waals surface area contributed by atoms with Crippen molar-refractivity contribution in [3.05, 3.63) is 29.6 Å². The minimum atomic E-state index is -0.191. The van der Waals surface area contributed by atoms with Crippen LogP contribution in [0.2, 0.25) is 0 Å². The molecular weight excluding hydrogens is 188 g/mol. The Kier molecular flexibility index (Phi) is 5.29. The fraction of sp³-hybridized carbons (Fsp3) is 0.583. The highest BCUT2D eigenvalue weighted by Gasteiger charge is 1.96. The van der Waals surface area contributed by atoms with Crippen LogP contribution in [0, 0.1) is 6.92 Å². The summed E-state index contributed by atoms with van der Waals surface area (Å²) < 4.78 is 0. The number of pyridine rings is 1. The number of aliphatic hydroxyl groups excluding tert-OH is 1. The average Bonchev–Trinajstić information content (AvgIpc) is 2.17. The molecule has 0 fully saturated rings. The zero-order valence-corrected chi connectivity index (χ0v) is 9.53. The highest BCUT2D eigenvalue weighted by Crippen LogP contribution is 1.98. The van der Waals surface area contributed by atoms with Gasteiger partial charge in [-0.3, -0.25) is 4.98 Å². The van der Waals surface area contributed by atoms with Crippen molar-refractivity contribution in [2.24, 2.45) is 0 Å². The Morgan fingerprint density at radius 2 is 2.27 bits per heavy atom. The quantitative estimate of drug-likeness (QED) is 0.699. The number of aliphatic hydroxyl groups is 1. The first-order chi connectivity index (χ1) is 7.18. The van der Waals surface area contributed by atoms with Crippen LogP contribution in [-0.2, 0) is 6.54 Å². The number of rotatable bonds is 6. The zero-order chi connectivity index (χ0) is 11.1. The molecule has 0 radical (unpaired) electrons. The van der Waals surface area contributed by atoms with Crippen LogP contribution in [0.15, 0.2) is 18.2 Å². The summed E-state index contributed by atoms with van der Waals surface area (Å²) in [6.07, 6.45) is 1.67. The van der Waals surface area contributed by atoms with Crippen LogP contribution in [0.5, 0.6) is 0 Å². The molecule has 0 aromatic carbocycles. The van der Waals surface area contributed by atoms with E-state index in [-0.39, 0.29) is 6.10 Å². The van der Waals surface area contributed by atoms with Crippen LogP contribution >= 0.6 is 0 Å². The van der Waals surface area contributed by atoms with Gasteiger partial charge in [0.2, 0.25) is 0 Å². The van der Waals surface area contributed by atoms with Gasteiger partial charge in [0, 0.05) is 12.2 Å². The molecular formula is C12H20N2O. The first-order valence-corrected chi connectivity index (χ1v) is 5.50. The fourth-order valence-corrected chi connectivity index (χ4v) is 1.44. The third-order valence-corrected chi connectivity index (χ3v) is 2.23. The number of aromatic nitrogens is 1. The van der Waals surface area contributed by atoms with Crippen LogP contribution in [0.3, 0.4) is 0 Å².